The fourth-order valence-electron chi connectivity index (χ4n) is 1.77. The van der Waals surface area contributed by atoms with Gasteiger partial charge in [0.2, 0.25) is 0 Å². The number of rotatable bonds is 11. The summed E-state index contributed by atoms with van der Waals surface area (Å²) in [6.45, 7) is 7.81. The van der Waals surface area contributed by atoms with Gasteiger partial charge >= 0.3 is 0 Å². The van der Waals surface area contributed by atoms with Gasteiger partial charge in [-0.3, -0.25) is 0 Å². The van der Waals surface area contributed by atoms with Gasteiger partial charge in [0.25, 0.3) is 5.97 Å². The summed E-state index contributed by atoms with van der Waals surface area (Å²) in [6, 6.07) is 1.38. The van der Waals surface area contributed by atoms with E-state index in [1.54, 1.807) is 0 Å². The average Bonchev–Trinajstić information content (AvgIpc) is 2.26. The van der Waals surface area contributed by atoms with Gasteiger partial charge in [0.15, 0.2) is 0 Å². The second-order valence-corrected chi connectivity index (χ2v) is 4.79. The molecule has 0 aliphatic heterocycles. The minimum absolute atomic E-state index is 0.626. The van der Waals surface area contributed by atoms with E-state index >= 15 is 0 Å². The van der Waals surface area contributed by atoms with Crippen LogP contribution in [0.4, 0.5) is 0 Å². The maximum Gasteiger partial charge on any atom is 0.282 e. The predicted molar refractivity (Wildman–Crippen MR) is 70.8 cm³/mol. The summed E-state index contributed by atoms with van der Waals surface area (Å²) in [6.07, 6.45) is 4.53. The average molecular weight is 248 g/mol. The molecule has 0 aliphatic carbocycles. The Morgan fingerprint density at radius 1 is 0.812 bits per heavy atom. The van der Waals surface area contributed by atoms with Crippen molar-refractivity contribution in [1.82, 2.24) is 0 Å². The molecule has 0 aromatic heterocycles. The van der Waals surface area contributed by atoms with E-state index in [2.05, 4.69) is 0 Å². The van der Waals surface area contributed by atoms with Crippen molar-refractivity contribution >= 4 is 10.2 Å². The Bertz CT molecular complexity index is 136. The molecule has 0 rings (SSSR count). The molecule has 0 spiro atoms. The van der Waals surface area contributed by atoms with Crippen molar-refractivity contribution < 1.29 is 14.2 Å². The highest BCUT2D eigenvalue weighted by Gasteiger charge is 2.31. The molecule has 0 saturated heterocycles. The molecule has 0 aromatic rings. The number of ether oxygens (including phenoxy) is 3. The summed E-state index contributed by atoms with van der Waals surface area (Å²) in [5.74, 6) is -0.788. The highest BCUT2D eigenvalue weighted by Crippen LogP contribution is 2.23. The Balaban J connectivity index is 4.12. The van der Waals surface area contributed by atoms with Crippen molar-refractivity contribution in [2.75, 3.05) is 19.8 Å². The molecule has 98 valence electrons. The van der Waals surface area contributed by atoms with Crippen LogP contribution in [0.2, 0.25) is 6.04 Å². The summed E-state index contributed by atoms with van der Waals surface area (Å²) in [5.41, 5.74) is 0. The lowest BCUT2D eigenvalue weighted by Gasteiger charge is -2.32. The molecule has 0 amide bonds. The number of hydrogen-bond acceptors (Lipinski definition) is 3. The number of hydrogen-bond donors (Lipinski definition) is 0. The zero-order valence-electron chi connectivity index (χ0n) is 11.4. The van der Waals surface area contributed by atoms with Crippen LogP contribution in [0.1, 0.15) is 46.5 Å². The monoisotopic (exact) mass is 248 g/mol. The van der Waals surface area contributed by atoms with E-state index in [0.29, 0.717) is 19.8 Å². The first-order valence-corrected chi connectivity index (χ1v) is 8.07. The van der Waals surface area contributed by atoms with Crippen LogP contribution in [0.25, 0.3) is 0 Å². The van der Waals surface area contributed by atoms with Crippen LogP contribution >= 0.6 is 0 Å². The molecule has 0 unspecified atom stereocenters. The predicted octanol–water partition coefficient (Wildman–Crippen LogP) is 2.09. The molecule has 16 heavy (non-hydrogen) atoms. The molecular formula is C12H28O3Si. The Morgan fingerprint density at radius 2 is 1.31 bits per heavy atom. The van der Waals surface area contributed by atoms with Crippen molar-refractivity contribution in [3.63, 3.8) is 0 Å². The molecule has 3 nitrogen and oxygen atoms in total. The van der Waals surface area contributed by atoms with Gasteiger partial charge in [0.05, 0.1) is 0 Å². The van der Waals surface area contributed by atoms with Gasteiger partial charge in [-0.05, 0) is 27.2 Å². The van der Waals surface area contributed by atoms with Crippen molar-refractivity contribution in [2.45, 2.75) is 58.5 Å². The summed E-state index contributed by atoms with van der Waals surface area (Å²) < 4.78 is 17.0. The lowest BCUT2D eigenvalue weighted by Crippen LogP contribution is -2.39. The summed E-state index contributed by atoms with van der Waals surface area (Å²) in [5, 5.41) is 0. The van der Waals surface area contributed by atoms with Gasteiger partial charge in [0.1, 0.15) is 0 Å². The lowest BCUT2D eigenvalue weighted by atomic mass is 10.2. The Morgan fingerprint density at radius 3 is 1.69 bits per heavy atom. The van der Waals surface area contributed by atoms with Gasteiger partial charge in [-0.15, -0.1) is 0 Å². The Labute approximate surface area is 103 Å². The van der Waals surface area contributed by atoms with Crippen LogP contribution in [0.15, 0.2) is 0 Å². The second-order valence-electron chi connectivity index (χ2n) is 3.79. The molecule has 0 N–H and O–H groups in total. The van der Waals surface area contributed by atoms with E-state index in [1.807, 2.05) is 20.8 Å². The second kappa shape index (κ2) is 10.3. The maximum absolute atomic E-state index is 5.65. The summed E-state index contributed by atoms with van der Waals surface area (Å²) in [4.78, 5) is 0. The molecule has 0 radical (unpaired) electrons. The zero-order chi connectivity index (χ0) is 12.3. The van der Waals surface area contributed by atoms with E-state index in [9.17, 15) is 0 Å². The quantitative estimate of drug-likeness (QED) is 0.318. The third-order valence-corrected chi connectivity index (χ3v) is 3.14. The van der Waals surface area contributed by atoms with E-state index in [-0.39, 0.29) is 0 Å². The minimum Gasteiger partial charge on any atom is -0.328 e. The minimum atomic E-state index is -0.788. The van der Waals surface area contributed by atoms with Crippen molar-refractivity contribution in [3.05, 3.63) is 0 Å². The van der Waals surface area contributed by atoms with Crippen molar-refractivity contribution in [1.29, 1.82) is 0 Å². The van der Waals surface area contributed by atoms with Gasteiger partial charge in [-0.2, -0.15) is 0 Å². The standard InChI is InChI=1S/C12H28O3Si/c1-4-13-12(14-5-2,15-6-3)10-8-7-9-11-16/h4-11H2,1-3,16H3. The van der Waals surface area contributed by atoms with Crippen LogP contribution in [0.5, 0.6) is 0 Å². The normalized spacial score (nSPS) is 12.2. The largest absolute Gasteiger partial charge is 0.328 e. The van der Waals surface area contributed by atoms with E-state index in [4.69, 9.17) is 14.2 Å². The lowest BCUT2D eigenvalue weighted by molar-refractivity contribution is -0.380. The van der Waals surface area contributed by atoms with Gasteiger partial charge < -0.3 is 14.2 Å². The fraction of sp³-hybridized carbons (Fsp3) is 1.00. The third-order valence-electron chi connectivity index (χ3n) is 2.43. The maximum atomic E-state index is 5.65. The highest BCUT2D eigenvalue weighted by molar-refractivity contribution is 6.08. The first-order valence-electron chi connectivity index (χ1n) is 6.66. The van der Waals surface area contributed by atoms with Crippen LogP contribution < -0.4 is 0 Å². The molecular weight excluding hydrogens is 220 g/mol. The van der Waals surface area contributed by atoms with Gasteiger partial charge in [0, 0.05) is 36.5 Å². The first kappa shape index (κ1) is 16.1. The molecule has 0 atom stereocenters. The van der Waals surface area contributed by atoms with Crippen molar-refractivity contribution in [2.24, 2.45) is 0 Å². The SMILES string of the molecule is CCOC(CCCCC[SiH3])(OCC)OCC. The third kappa shape index (κ3) is 6.63. The smallest absolute Gasteiger partial charge is 0.282 e. The Hall–Kier alpha value is 0.0969. The first-order chi connectivity index (χ1) is 7.74. The zero-order valence-corrected chi connectivity index (χ0v) is 13.4. The van der Waals surface area contributed by atoms with Crippen molar-refractivity contribution in [3.8, 4) is 0 Å². The summed E-state index contributed by atoms with van der Waals surface area (Å²) in [7, 11) is 1.31. The molecule has 0 saturated carbocycles. The molecule has 0 heterocycles. The Kier molecular flexibility index (Phi) is 10.3. The molecule has 0 fully saturated rings. The number of unbranched alkanes of at least 4 members (excludes halogenated alkanes) is 2. The fourth-order valence-corrected chi connectivity index (χ4v) is 2.27. The molecule has 0 bridgehead atoms. The van der Waals surface area contributed by atoms with Crippen LogP contribution in [-0.2, 0) is 14.2 Å². The highest BCUT2D eigenvalue weighted by atomic mass is 28.1. The van der Waals surface area contributed by atoms with E-state index in [1.165, 1.54) is 29.1 Å². The van der Waals surface area contributed by atoms with Gasteiger partial charge in [-0.25, -0.2) is 0 Å². The van der Waals surface area contributed by atoms with Crippen LogP contribution in [-0.4, -0.2) is 36.0 Å². The van der Waals surface area contributed by atoms with E-state index in [0.717, 1.165) is 12.8 Å². The molecule has 0 aliphatic rings. The van der Waals surface area contributed by atoms with Crippen LogP contribution in [0, 0.1) is 0 Å². The van der Waals surface area contributed by atoms with E-state index < -0.39 is 5.97 Å². The molecule has 0 aromatic carbocycles. The molecule has 4 heteroatoms. The summed E-state index contributed by atoms with van der Waals surface area (Å²) >= 11 is 0. The van der Waals surface area contributed by atoms with Gasteiger partial charge in [-0.1, -0.05) is 18.9 Å². The van der Waals surface area contributed by atoms with Crippen LogP contribution in [0.3, 0.4) is 0 Å². The topological polar surface area (TPSA) is 27.7 Å².